The maximum absolute atomic E-state index is 5.75. The van der Waals surface area contributed by atoms with Crippen molar-refractivity contribution >= 4 is 11.6 Å². The first-order chi connectivity index (χ1) is 4.33. The molecule has 0 spiro atoms. The molecule has 0 aromatic heterocycles. The average Bonchev–Trinajstić information content (AvgIpc) is 1.88. The van der Waals surface area contributed by atoms with Crippen LogP contribution in [0.2, 0.25) is 0 Å². The molecule has 2 heteroatoms. The Balaban J connectivity index is 2.55. The van der Waals surface area contributed by atoms with E-state index in [9.17, 15) is 0 Å². The van der Waals surface area contributed by atoms with Crippen LogP contribution in [0, 0.1) is 0 Å². The van der Waals surface area contributed by atoms with E-state index in [0.29, 0.717) is 0 Å². The van der Waals surface area contributed by atoms with Crippen molar-refractivity contribution in [3.63, 3.8) is 0 Å². The molecule has 0 radical (unpaired) electrons. The number of hydrogen-bond donors (Lipinski definition) is 0. The third-order valence-electron chi connectivity index (χ3n) is 1.25. The third kappa shape index (κ3) is 1.75. The van der Waals surface area contributed by atoms with Gasteiger partial charge in [0.15, 0.2) is 0 Å². The molecule has 1 rings (SSSR count). The van der Waals surface area contributed by atoms with Crippen LogP contribution in [0.4, 0.5) is 0 Å². The molecule has 1 atom stereocenters. The number of allylic oxidation sites excluding steroid dienone is 3. The molecule has 1 aliphatic carbocycles. The largest absolute Gasteiger partial charge is 0.501 e. The molecule has 50 valence electrons. The van der Waals surface area contributed by atoms with Gasteiger partial charge >= 0.3 is 0 Å². The Morgan fingerprint density at radius 2 is 2.56 bits per heavy atom. The van der Waals surface area contributed by atoms with Gasteiger partial charge in [0.25, 0.3) is 0 Å². The normalized spacial score (nSPS) is 25.6. The number of ether oxygens (including phenoxy) is 1. The van der Waals surface area contributed by atoms with E-state index < -0.39 is 0 Å². The minimum Gasteiger partial charge on any atom is -0.501 e. The fourth-order valence-corrected chi connectivity index (χ4v) is 1.01. The second kappa shape index (κ2) is 2.92. The Labute approximate surface area is 60.0 Å². The maximum Gasteiger partial charge on any atom is 0.0971 e. The van der Waals surface area contributed by atoms with Crippen molar-refractivity contribution in [2.24, 2.45) is 0 Å². The number of alkyl halides is 1. The zero-order chi connectivity index (χ0) is 6.69. The second-order valence-electron chi connectivity index (χ2n) is 1.91. The Hall–Kier alpha value is -0.430. The highest BCUT2D eigenvalue weighted by Gasteiger charge is 2.03. The Bertz CT molecular complexity index is 149. The van der Waals surface area contributed by atoms with Crippen LogP contribution in [0.1, 0.15) is 6.42 Å². The quantitative estimate of drug-likeness (QED) is 0.405. The van der Waals surface area contributed by atoms with Crippen molar-refractivity contribution < 1.29 is 4.74 Å². The molecule has 0 saturated carbocycles. The first-order valence-corrected chi connectivity index (χ1v) is 3.32. The van der Waals surface area contributed by atoms with Gasteiger partial charge in [0.2, 0.25) is 0 Å². The molecule has 0 bridgehead atoms. The summed E-state index contributed by atoms with van der Waals surface area (Å²) in [7, 11) is 1.66. The summed E-state index contributed by atoms with van der Waals surface area (Å²) in [6.45, 7) is 0. The van der Waals surface area contributed by atoms with E-state index in [1.807, 2.05) is 18.2 Å². The Morgan fingerprint density at radius 3 is 3.00 bits per heavy atom. The lowest BCUT2D eigenvalue weighted by molar-refractivity contribution is 0.282. The summed E-state index contributed by atoms with van der Waals surface area (Å²) in [5.41, 5.74) is 0. The van der Waals surface area contributed by atoms with E-state index >= 15 is 0 Å². The lowest BCUT2D eigenvalue weighted by Crippen LogP contribution is -1.97. The summed E-state index contributed by atoms with van der Waals surface area (Å²) in [6.07, 6.45) is 6.74. The van der Waals surface area contributed by atoms with Gasteiger partial charge in [-0.25, -0.2) is 0 Å². The molecule has 0 N–H and O–H groups in total. The van der Waals surface area contributed by atoms with Crippen LogP contribution in [0.25, 0.3) is 0 Å². The van der Waals surface area contributed by atoms with Crippen molar-refractivity contribution in [3.05, 3.63) is 24.0 Å². The third-order valence-corrected chi connectivity index (χ3v) is 1.52. The molecule has 0 amide bonds. The number of hydrogen-bond acceptors (Lipinski definition) is 1. The number of rotatable bonds is 1. The van der Waals surface area contributed by atoms with Crippen LogP contribution >= 0.6 is 11.6 Å². The summed E-state index contributed by atoms with van der Waals surface area (Å²) >= 11 is 5.75. The predicted octanol–water partition coefficient (Wildman–Crippen LogP) is 2.08. The minimum absolute atomic E-state index is 0.0219. The van der Waals surface area contributed by atoms with Gasteiger partial charge in [0, 0.05) is 6.42 Å². The molecule has 0 aromatic carbocycles. The van der Waals surface area contributed by atoms with Gasteiger partial charge in [0.05, 0.1) is 18.2 Å². The lowest BCUT2D eigenvalue weighted by atomic mass is 10.2. The van der Waals surface area contributed by atoms with Crippen LogP contribution < -0.4 is 0 Å². The van der Waals surface area contributed by atoms with Crippen molar-refractivity contribution in [3.8, 4) is 0 Å². The van der Waals surface area contributed by atoms with Crippen molar-refractivity contribution in [1.29, 1.82) is 0 Å². The second-order valence-corrected chi connectivity index (χ2v) is 2.42. The average molecular weight is 145 g/mol. The van der Waals surface area contributed by atoms with E-state index in [-0.39, 0.29) is 5.38 Å². The van der Waals surface area contributed by atoms with Crippen LogP contribution in [0.3, 0.4) is 0 Å². The maximum atomic E-state index is 5.75. The highest BCUT2D eigenvalue weighted by Crippen LogP contribution is 2.14. The van der Waals surface area contributed by atoms with Crippen LogP contribution in [0.15, 0.2) is 24.0 Å². The van der Waals surface area contributed by atoms with E-state index in [4.69, 9.17) is 16.3 Å². The molecule has 0 aliphatic heterocycles. The minimum atomic E-state index is 0.0219. The molecule has 0 fully saturated rings. The highest BCUT2D eigenvalue weighted by molar-refractivity contribution is 6.23. The number of halogens is 1. The van der Waals surface area contributed by atoms with Crippen LogP contribution in [-0.4, -0.2) is 12.5 Å². The van der Waals surface area contributed by atoms with Crippen LogP contribution in [0.5, 0.6) is 0 Å². The van der Waals surface area contributed by atoms with Crippen molar-refractivity contribution in [2.45, 2.75) is 11.8 Å². The molecular weight excluding hydrogens is 136 g/mol. The zero-order valence-electron chi connectivity index (χ0n) is 5.30. The summed E-state index contributed by atoms with van der Waals surface area (Å²) in [5, 5.41) is 0.0219. The van der Waals surface area contributed by atoms with Crippen LogP contribution in [-0.2, 0) is 4.74 Å². The summed E-state index contributed by atoms with van der Waals surface area (Å²) in [5.74, 6) is 0.956. The van der Waals surface area contributed by atoms with E-state index in [1.54, 1.807) is 7.11 Å². The van der Waals surface area contributed by atoms with Gasteiger partial charge in [0.1, 0.15) is 0 Å². The molecule has 9 heavy (non-hydrogen) atoms. The smallest absolute Gasteiger partial charge is 0.0971 e. The van der Waals surface area contributed by atoms with E-state index in [1.165, 1.54) is 0 Å². The van der Waals surface area contributed by atoms with Gasteiger partial charge in [-0.05, 0) is 6.08 Å². The van der Waals surface area contributed by atoms with Crippen molar-refractivity contribution in [1.82, 2.24) is 0 Å². The molecule has 1 nitrogen and oxygen atoms in total. The highest BCUT2D eigenvalue weighted by atomic mass is 35.5. The summed E-state index contributed by atoms with van der Waals surface area (Å²) in [4.78, 5) is 0. The predicted molar refractivity (Wildman–Crippen MR) is 38.5 cm³/mol. The molecule has 1 unspecified atom stereocenters. The molecule has 0 aromatic rings. The summed E-state index contributed by atoms with van der Waals surface area (Å²) in [6, 6.07) is 0. The zero-order valence-corrected chi connectivity index (χ0v) is 6.06. The first-order valence-electron chi connectivity index (χ1n) is 2.88. The Kier molecular flexibility index (Phi) is 2.17. The fourth-order valence-electron chi connectivity index (χ4n) is 0.767. The Morgan fingerprint density at radius 1 is 1.78 bits per heavy atom. The topological polar surface area (TPSA) is 9.23 Å². The fraction of sp³-hybridized carbons (Fsp3) is 0.429. The number of methoxy groups -OCH3 is 1. The summed E-state index contributed by atoms with van der Waals surface area (Å²) < 4.78 is 4.99. The van der Waals surface area contributed by atoms with Gasteiger partial charge in [-0.3, -0.25) is 0 Å². The van der Waals surface area contributed by atoms with Gasteiger partial charge in [-0.1, -0.05) is 12.2 Å². The van der Waals surface area contributed by atoms with Gasteiger partial charge < -0.3 is 4.74 Å². The van der Waals surface area contributed by atoms with Gasteiger partial charge in [-0.15, -0.1) is 11.6 Å². The van der Waals surface area contributed by atoms with Gasteiger partial charge in [-0.2, -0.15) is 0 Å². The SMILES string of the molecule is COC1=CC(Cl)C=CC1. The van der Waals surface area contributed by atoms with Crippen molar-refractivity contribution in [2.75, 3.05) is 7.11 Å². The standard InChI is InChI=1S/C7H9ClO/c1-9-7-4-2-3-6(8)5-7/h2-3,5-6H,4H2,1H3. The monoisotopic (exact) mass is 144 g/mol. The molecule has 0 saturated heterocycles. The van der Waals surface area contributed by atoms with E-state index in [2.05, 4.69) is 0 Å². The molecule has 1 aliphatic rings. The van der Waals surface area contributed by atoms with E-state index in [0.717, 1.165) is 12.2 Å². The first kappa shape index (κ1) is 6.69. The lowest BCUT2D eigenvalue weighted by Gasteiger charge is -2.08. The molecule has 0 heterocycles. The molecular formula is C7H9ClO.